The van der Waals surface area contributed by atoms with E-state index in [1.165, 1.54) is 0 Å². The van der Waals surface area contributed by atoms with Crippen molar-refractivity contribution < 1.29 is 14.6 Å². The molecule has 1 aliphatic carbocycles. The molecule has 1 aliphatic heterocycles. The van der Waals surface area contributed by atoms with E-state index in [2.05, 4.69) is 10.6 Å². The molecule has 110 valence electrons. The summed E-state index contributed by atoms with van der Waals surface area (Å²) in [4.78, 5) is 12.3. The zero-order valence-corrected chi connectivity index (χ0v) is 11.7. The molecule has 2 rings (SSSR count). The average molecular weight is 270 g/mol. The van der Waals surface area contributed by atoms with E-state index in [0.717, 1.165) is 32.2 Å². The maximum absolute atomic E-state index is 12.3. The molecule has 2 aliphatic rings. The van der Waals surface area contributed by atoms with E-state index in [1.807, 2.05) is 6.92 Å². The van der Waals surface area contributed by atoms with Gasteiger partial charge in [0.25, 0.3) is 0 Å². The second kappa shape index (κ2) is 7.22. The molecule has 0 spiro atoms. The third-order valence-corrected chi connectivity index (χ3v) is 4.35. The van der Waals surface area contributed by atoms with Gasteiger partial charge in [-0.25, -0.2) is 0 Å². The fourth-order valence-corrected chi connectivity index (χ4v) is 3.18. The van der Waals surface area contributed by atoms with E-state index >= 15 is 0 Å². The van der Waals surface area contributed by atoms with Crippen molar-refractivity contribution in [2.45, 2.75) is 44.7 Å². The summed E-state index contributed by atoms with van der Waals surface area (Å²) in [6.07, 6.45) is 4.29. The normalized spacial score (nSPS) is 35.3. The monoisotopic (exact) mass is 270 g/mol. The van der Waals surface area contributed by atoms with Crippen molar-refractivity contribution in [3.05, 3.63) is 0 Å². The highest BCUT2D eigenvalue weighted by Gasteiger charge is 2.35. The number of aliphatic hydroxyl groups excluding tert-OH is 1. The fourth-order valence-electron chi connectivity index (χ4n) is 3.18. The van der Waals surface area contributed by atoms with E-state index in [4.69, 9.17) is 4.74 Å². The average Bonchev–Trinajstić information content (AvgIpc) is 2.88. The molecule has 0 bridgehead atoms. The Labute approximate surface area is 115 Å². The number of aliphatic hydroxyl groups is 1. The highest BCUT2D eigenvalue weighted by Crippen LogP contribution is 2.25. The van der Waals surface area contributed by atoms with Crippen LogP contribution >= 0.6 is 0 Å². The molecule has 2 fully saturated rings. The molecular weight excluding hydrogens is 244 g/mol. The number of hydrogen-bond acceptors (Lipinski definition) is 4. The third kappa shape index (κ3) is 3.68. The van der Waals surface area contributed by atoms with Gasteiger partial charge in [0.05, 0.1) is 19.1 Å². The predicted molar refractivity (Wildman–Crippen MR) is 72.7 cm³/mol. The number of carbonyl (C=O) groups excluding carboxylic acids is 1. The van der Waals surface area contributed by atoms with Crippen LogP contribution < -0.4 is 10.6 Å². The summed E-state index contributed by atoms with van der Waals surface area (Å²) in [7, 11) is 0. The number of nitrogens with one attached hydrogen (secondary N) is 2. The predicted octanol–water partition coefficient (Wildman–Crippen LogP) is 0.278. The maximum atomic E-state index is 12.3. The smallest absolute Gasteiger partial charge is 0.227 e. The van der Waals surface area contributed by atoms with Crippen LogP contribution in [0, 0.1) is 11.8 Å². The molecule has 3 N–H and O–H groups in total. The Hall–Kier alpha value is -0.650. The van der Waals surface area contributed by atoms with Gasteiger partial charge in [-0.05, 0) is 19.4 Å². The summed E-state index contributed by atoms with van der Waals surface area (Å²) >= 11 is 0. The molecule has 19 heavy (non-hydrogen) atoms. The van der Waals surface area contributed by atoms with Crippen molar-refractivity contribution >= 4 is 5.91 Å². The van der Waals surface area contributed by atoms with E-state index < -0.39 is 0 Å². The Kier molecular flexibility index (Phi) is 5.60. The van der Waals surface area contributed by atoms with E-state index in [1.54, 1.807) is 0 Å². The Morgan fingerprint density at radius 3 is 2.79 bits per heavy atom. The summed E-state index contributed by atoms with van der Waals surface area (Å²) in [5, 5.41) is 15.8. The van der Waals surface area contributed by atoms with Gasteiger partial charge in [0, 0.05) is 24.6 Å². The van der Waals surface area contributed by atoms with Crippen molar-refractivity contribution in [1.82, 2.24) is 10.6 Å². The maximum Gasteiger partial charge on any atom is 0.227 e. The third-order valence-electron chi connectivity index (χ3n) is 4.35. The van der Waals surface area contributed by atoms with Crippen molar-refractivity contribution in [3.8, 4) is 0 Å². The second-order valence-corrected chi connectivity index (χ2v) is 5.65. The van der Waals surface area contributed by atoms with Gasteiger partial charge < -0.3 is 20.5 Å². The number of hydrogen-bond donors (Lipinski definition) is 3. The highest BCUT2D eigenvalue weighted by molar-refractivity contribution is 5.80. The lowest BCUT2D eigenvalue weighted by atomic mass is 9.84. The molecule has 0 aromatic rings. The van der Waals surface area contributed by atoms with E-state index in [9.17, 15) is 9.90 Å². The first kappa shape index (κ1) is 14.8. The summed E-state index contributed by atoms with van der Waals surface area (Å²) in [6.45, 7) is 4.17. The Balaban J connectivity index is 1.88. The first-order valence-electron chi connectivity index (χ1n) is 7.48. The van der Waals surface area contributed by atoms with Crippen LogP contribution in [0.5, 0.6) is 0 Å². The molecule has 1 saturated carbocycles. The fraction of sp³-hybridized carbons (Fsp3) is 0.929. The Morgan fingerprint density at radius 2 is 2.05 bits per heavy atom. The minimum Gasteiger partial charge on any atom is -0.396 e. The van der Waals surface area contributed by atoms with Crippen LogP contribution in [-0.2, 0) is 9.53 Å². The lowest BCUT2D eigenvalue weighted by Gasteiger charge is -2.32. The quantitative estimate of drug-likeness (QED) is 0.671. The van der Waals surface area contributed by atoms with Crippen molar-refractivity contribution in [2.75, 3.05) is 26.4 Å². The number of amides is 1. The van der Waals surface area contributed by atoms with Crippen LogP contribution in [0.1, 0.15) is 32.6 Å². The van der Waals surface area contributed by atoms with Crippen molar-refractivity contribution in [2.24, 2.45) is 11.8 Å². The summed E-state index contributed by atoms with van der Waals surface area (Å²) < 4.78 is 5.41. The molecule has 0 aromatic carbocycles. The molecule has 4 atom stereocenters. The molecule has 0 aromatic heterocycles. The van der Waals surface area contributed by atoms with Gasteiger partial charge in [0.2, 0.25) is 5.91 Å². The molecule has 4 unspecified atom stereocenters. The van der Waals surface area contributed by atoms with Gasteiger partial charge in [-0.1, -0.05) is 19.8 Å². The topological polar surface area (TPSA) is 70.6 Å². The van der Waals surface area contributed by atoms with Gasteiger partial charge in [0.1, 0.15) is 0 Å². The second-order valence-electron chi connectivity index (χ2n) is 5.65. The molecule has 1 amide bonds. The Bertz CT molecular complexity index is 298. The lowest BCUT2D eigenvalue weighted by molar-refractivity contribution is -0.126. The minimum absolute atomic E-state index is 0.0776. The van der Waals surface area contributed by atoms with Crippen LogP contribution in [0.4, 0.5) is 0 Å². The molecule has 5 heteroatoms. The SMILES string of the molecule is CCNC1COCC1C(=O)NC1CCCCC1CO. The number of carbonyl (C=O) groups is 1. The minimum atomic E-state index is -0.0961. The van der Waals surface area contributed by atoms with Crippen LogP contribution in [0.3, 0.4) is 0 Å². The molecule has 0 radical (unpaired) electrons. The summed E-state index contributed by atoms with van der Waals surface area (Å²) in [5.74, 6) is 0.202. The largest absolute Gasteiger partial charge is 0.396 e. The number of likely N-dealkylation sites (N-methyl/N-ethyl adjacent to an activating group) is 1. The highest BCUT2D eigenvalue weighted by atomic mass is 16.5. The molecule has 5 nitrogen and oxygen atoms in total. The van der Waals surface area contributed by atoms with Gasteiger partial charge >= 0.3 is 0 Å². The van der Waals surface area contributed by atoms with E-state index in [0.29, 0.717) is 13.2 Å². The lowest BCUT2D eigenvalue weighted by Crippen LogP contribution is -2.50. The van der Waals surface area contributed by atoms with Crippen LogP contribution in [-0.4, -0.2) is 49.5 Å². The van der Waals surface area contributed by atoms with Crippen LogP contribution in [0.2, 0.25) is 0 Å². The van der Waals surface area contributed by atoms with E-state index in [-0.39, 0.29) is 36.4 Å². The first-order chi connectivity index (χ1) is 9.26. The van der Waals surface area contributed by atoms with Gasteiger partial charge in [0.15, 0.2) is 0 Å². The Morgan fingerprint density at radius 1 is 1.26 bits per heavy atom. The van der Waals surface area contributed by atoms with Crippen LogP contribution in [0.15, 0.2) is 0 Å². The van der Waals surface area contributed by atoms with Gasteiger partial charge in [-0.2, -0.15) is 0 Å². The zero-order chi connectivity index (χ0) is 13.7. The zero-order valence-electron chi connectivity index (χ0n) is 11.7. The van der Waals surface area contributed by atoms with Gasteiger partial charge in [-0.3, -0.25) is 4.79 Å². The van der Waals surface area contributed by atoms with Crippen molar-refractivity contribution in [3.63, 3.8) is 0 Å². The van der Waals surface area contributed by atoms with Gasteiger partial charge in [-0.15, -0.1) is 0 Å². The molecular formula is C14H26N2O3. The first-order valence-corrected chi connectivity index (χ1v) is 7.48. The number of ether oxygens (including phenoxy) is 1. The van der Waals surface area contributed by atoms with Crippen molar-refractivity contribution in [1.29, 1.82) is 0 Å². The molecule has 1 heterocycles. The molecule has 1 saturated heterocycles. The number of rotatable bonds is 5. The standard InChI is InChI=1S/C14H26N2O3/c1-2-15-13-9-19-8-11(13)14(18)16-12-6-4-3-5-10(12)7-17/h10-13,15,17H,2-9H2,1H3,(H,16,18). The van der Waals surface area contributed by atoms with Crippen LogP contribution in [0.25, 0.3) is 0 Å². The summed E-state index contributed by atoms with van der Waals surface area (Å²) in [6, 6.07) is 0.260. The summed E-state index contributed by atoms with van der Waals surface area (Å²) in [5.41, 5.74) is 0.